The van der Waals surface area contributed by atoms with Gasteiger partial charge in [0.15, 0.2) is 0 Å². The van der Waals surface area contributed by atoms with Crippen LogP contribution in [0.15, 0.2) is 147 Å². The molecule has 0 radical (unpaired) electrons. The Kier molecular flexibility index (Phi) is 14.2. The third-order valence-electron chi connectivity index (χ3n) is 12.5. The number of hydrogen-bond donors (Lipinski definition) is 0. The second-order valence-electron chi connectivity index (χ2n) is 16.6. The molecule has 9 aromatic heterocycles. The van der Waals surface area contributed by atoms with Crippen molar-refractivity contribution in [3.8, 4) is 0 Å². The summed E-state index contributed by atoms with van der Waals surface area (Å²) < 4.78 is 12.3. The van der Waals surface area contributed by atoms with Crippen molar-refractivity contribution in [2.24, 2.45) is 42.3 Å². The van der Waals surface area contributed by atoms with Crippen LogP contribution in [0.2, 0.25) is 0 Å². The summed E-state index contributed by atoms with van der Waals surface area (Å²) in [4.78, 5) is 8.28. The van der Waals surface area contributed by atoms with Crippen LogP contribution in [0.3, 0.4) is 0 Å². The van der Waals surface area contributed by atoms with Gasteiger partial charge in [-0.3, -0.25) is 19.3 Å². The van der Waals surface area contributed by atoms with Crippen molar-refractivity contribution >= 4 is 65.0 Å². The van der Waals surface area contributed by atoms with Crippen molar-refractivity contribution in [1.82, 2.24) is 58.0 Å². The van der Waals surface area contributed by atoms with Gasteiger partial charge in [0.2, 0.25) is 0 Å². The van der Waals surface area contributed by atoms with Gasteiger partial charge >= 0.3 is 0 Å². The first-order valence-corrected chi connectivity index (χ1v) is 21.9. The molecular formula is C54H60N12. The molecule has 0 N–H and O–H groups in total. The first-order valence-electron chi connectivity index (χ1n) is 21.9. The van der Waals surface area contributed by atoms with Gasteiger partial charge in [-0.1, -0.05) is 66.7 Å². The van der Waals surface area contributed by atoms with Gasteiger partial charge in [0.1, 0.15) is 0 Å². The van der Waals surface area contributed by atoms with Gasteiger partial charge in [-0.05, 0) is 76.6 Å². The maximum Gasteiger partial charge on any atom is 0.0956 e. The molecule has 0 spiro atoms. The molecule has 0 atom stereocenters. The quantitative estimate of drug-likeness (QED) is 0.150. The minimum atomic E-state index is 1.01. The van der Waals surface area contributed by atoms with Crippen LogP contribution in [-0.2, 0) is 42.3 Å². The smallest absolute Gasteiger partial charge is 0.0956 e. The number of pyridine rings is 2. The summed E-state index contributed by atoms with van der Waals surface area (Å²) in [5.41, 5.74) is 10.7. The highest BCUT2D eigenvalue weighted by Gasteiger charge is 2.05. The maximum absolute atomic E-state index is 4.33. The fourth-order valence-electron chi connectivity index (χ4n) is 7.84. The lowest BCUT2D eigenvalue weighted by Crippen LogP contribution is -1.91. The highest BCUT2D eigenvalue weighted by molar-refractivity contribution is 5.87. The molecule has 0 saturated heterocycles. The first kappa shape index (κ1) is 46.1. The molecule has 0 aliphatic heterocycles. The highest BCUT2D eigenvalue weighted by atomic mass is 15.3. The van der Waals surface area contributed by atoms with Crippen LogP contribution in [0.4, 0.5) is 0 Å². The summed E-state index contributed by atoms with van der Waals surface area (Å²) >= 11 is 0. The van der Waals surface area contributed by atoms with Gasteiger partial charge in [-0.25, -0.2) is 0 Å². The Morgan fingerprint density at radius 2 is 0.773 bits per heavy atom. The molecule has 0 saturated carbocycles. The number of nitrogens with zero attached hydrogens (tertiary/aromatic N) is 12. The summed E-state index contributed by atoms with van der Waals surface area (Å²) in [5.74, 6) is 0. The Hall–Kier alpha value is -7.86. The number of rotatable bonds is 0. The highest BCUT2D eigenvalue weighted by Crippen LogP contribution is 2.21. The molecule has 3 aromatic carbocycles. The van der Waals surface area contributed by atoms with Crippen molar-refractivity contribution in [2.75, 3.05) is 0 Å². The molecule has 0 bridgehead atoms. The average molecular weight is 877 g/mol. The summed E-state index contributed by atoms with van der Waals surface area (Å²) in [6.45, 7) is 12.6. The Bertz CT molecular complexity index is 2930. The van der Waals surface area contributed by atoms with Gasteiger partial charge in [0.05, 0.1) is 28.9 Å². The van der Waals surface area contributed by atoms with Gasteiger partial charge in [0.25, 0.3) is 0 Å². The van der Waals surface area contributed by atoms with E-state index in [0.29, 0.717) is 0 Å². The molecule has 66 heavy (non-hydrogen) atoms. The standard InChI is InChI=1S/2C10H11N.2C9H10N2.2C8H9N3/c2*1-8-10-6-4-3-5-9(10)7-11(8)2;1-7-8-4-3-5-10-9(8)6-11(7)2;1-7-8-5-3-4-6-9(8)10-11(7)2;1-6-8-4-10-9-3-7(8)5-11(6)2;1-6-7-5-9-4-3-8(7)10-11(6)2/h2*3-7H,1-2H3;2*3-6H,1-2H3;2*3-5H,1-2H3. The average Bonchev–Trinajstić information content (AvgIpc) is 4.13. The molecule has 0 amide bonds. The molecular weight excluding hydrogens is 817 g/mol. The van der Waals surface area contributed by atoms with Crippen molar-refractivity contribution in [3.05, 3.63) is 181 Å². The minimum absolute atomic E-state index is 1.01. The molecule has 12 aromatic rings. The second kappa shape index (κ2) is 20.3. The fourth-order valence-corrected chi connectivity index (χ4v) is 7.84. The topological polar surface area (TPSA) is 107 Å². The van der Waals surface area contributed by atoms with Crippen molar-refractivity contribution in [1.29, 1.82) is 0 Å². The van der Waals surface area contributed by atoms with E-state index in [1.165, 1.54) is 66.2 Å². The molecule has 336 valence electrons. The van der Waals surface area contributed by atoms with Crippen LogP contribution in [0, 0.1) is 41.5 Å². The van der Waals surface area contributed by atoms with Crippen LogP contribution in [0.1, 0.15) is 34.2 Å². The lowest BCUT2D eigenvalue weighted by molar-refractivity contribution is 0.751. The van der Waals surface area contributed by atoms with Gasteiger partial charge in [-0.15, -0.1) is 0 Å². The lowest BCUT2D eigenvalue weighted by atomic mass is 10.2. The third kappa shape index (κ3) is 10.1. The van der Waals surface area contributed by atoms with Crippen LogP contribution in [-0.4, -0.2) is 58.0 Å². The van der Waals surface area contributed by atoms with E-state index in [1.54, 1.807) is 18.6 Å². The number of hydrogen-bond acceptors (Lipinski definition) is 6. The van der Waals surface area contributed by atoms with Gasteiger partial charge < -0.3 is 18.3 Å². The number of aromatic nitrogens is 12. The van der Waals surface area contributed by atoms with E-state index in [2.05, 4.69) is 177 Å². The summed E-state index contributed by atoms with van der Waals surface area (Å²) in [6, 6.07) is 31.1. The summed E-state index contributed by atoms with van der Waals surface area (Å²) in [6.07, 6.45) is 17.4. The molecule has 12 nitrogen and oxygen atoms in total. The monoisotopic (exact) mass is 877 g/mol. The van der Waals surface area contributed by atoms with Crippen molar-refractivity contribution in [3.63, 3.8) is 0 Å². The molecule has 9 heterocycles. The molecule has 0 aliphatic carbocycles. The predicted molar refractivity (Wildman–Crippen MR) is 273 cm³/mol. The normalized spacial score (nSPS) is 10.7. The Morgan fingerprint density at radius 3 is 1.32 bits per heavy atom. The molecule has 0 aliphatic rings. The zero-order chi connectivity index (χ0) is 47.1. The van der Waals surface area contributed by atoms with Crippen molar-refractivity contribution < 1.29 is 0 Å². The van der Waals surface area contributed by atoms with E-state index < -0.39 is 0 Å². The SMILES string of the molecule is Cc1c2ccccc2cn1C.Cc1c2ccccc2cn1C.Cc1c2ccccc2nn1C.Cc1c2cccnc2cn1C.Cc1c2cnccc2nn1C.Cc1c2cnncc2cn1C. The maximum atomic E-state index is 4.33. The van der Waals surface area contributed by atoms with E-state index in [0.717, 1.165) is 33.0 Å². The van der Waals surface area contributed by atoms with Gasteiger partial charge in [0, 0.05) is 158 Å². The van der Waals surface area contributed by atoms with Crippen molar-refractivity contribution in [2.45, 2.75) is 41.5 Å². The van der Waals surface area contributed by atoms with Crippen LogP contribution < -0.4 is 0 Å². The van der Waals surface area contributed by atoms with E-state index in [4.69, 9.17) is 0 Å². The minimum Gasteiger partial charge on any atom is -0.353 e. The first-order chi connectivity index (χ1) is 31.7. The predicted octanol–water partition coefficient (Wildman–Crippen LogP) is 11.3. The Balaban J connectivity index is 0.000000118. The largest absolute Gasteiger partial charge is 0.353 e. The fraction of sp³-hybridized carbons (Fsp3) is 0.222. The van der Waals surface area contributed by atoms with Crippen LogP contribution in [0.5, 0.6) is 0 Å². The number of aryl methyl sites for hydroxylation is 12. The van der Waals surface area contributed by atoms with Gasteiger partial charge in [-0.2, -0.15) is 20.4 Å². The lowest BCUT2D eigenvalue weighted by Gasteiger charge is -1.92. The zero-order valence-corrected chi connectivity index (χ0v) is 40.2. The molecule has 12 heteroatoms. The van der Waals surface area contributed by atoms with E-state index in [1.807, 2.05) is 93.4 Å². The van der Waals surface area contributed by atoms with E-state index in [-0.39, 0.29) is 0 Å². The molecule has 12 rings (SSSR count). The zero-order valence-electron chi connectivity index (χ0n) is 40.2. The molecule has 0 fully saturated rings. The third-order valence-corrected chi connectivity index (χ3v) is 12.5. The number of benzene rings is 3. The number of fused-ring (bicyclic) bond motifs is 6. The summed E-state index contributed by atoms with van der Waals surface area (Å²) in [7, 11) is 12.1. The van der Waals surface area contributed by atoms with Crippen LogP contribution >= 0.6 is 0 Å². The molecule has 0 unspecified atom stereocenters. The van der Waals surface area contributed by atoms with E-state index in [9.17, 15) is 0 Å². The Morgan fingerprint density at radius 1 is 0.333 bits per heavy atom. The summed E-state index contributed by atoms with van der Waals surface area (Å²) in [5, 5.41) is 27.6. The Labute approximate surface area is 386 Å². The van der Waals surface area contributed by atoms with Crippen LogP contribution in [0.25, 0.3) is 65.0 Å². The second-order valence-corrected chi connectivity index (χ2v) is 16.6. The van der Waals surface area contributed by atoms with E-state index >= 15 is 0 Å².